The summed E-state index contributed by atoms with van der Waals surface area (Å²) in [7, 11) is 1.25. The number of alkyl halides is 2. The maximum absolute atomic E-state index is 15.1. The number of nitrogens with zero attached hydrogens (tertiary/aromatic N) is 7. The van der Waals surface area contributed by atoms with Crippen LogP contribution in [0.1, 0.15) is 29.8 Å². The molecule has 0 aliphatic heterocycles. The zero-order valence-electron chi connectivity index (χ0n) is 23.1. The first-order valence-corrected chi connectivity index (χ1v) is 13.0. The third kappa shape index (κ3) is 5.34. The number of aromatic nitrogens is 6. The van der Waals surface area contributed by atoms with Crippen molar-refractivity contribution in [2.24, 2.45) is 0 Å². The minimum absolute atomic E-state index is 0.00688. The third-order valence-corrected chi connectivity index (χ3v) is 6.59. The summed E-state index contributed by atoms with van der Waals surface area (Å²) in [6, 6.07) is 8.71. The zero-order valence-corrected chi connectivity index (χ0v) is 23.1. The molecule has 3 heterocycles. The van der Waals surface area contributed by atoms with Gasteiger partial charge in [0.15, 0.2) is 5.65 Å². The molecule has 15 heteroatoms. The Kier molecular flexibility index (Phi) is 8.25. The number of aliphatic hydroxyl groups is 1. The third-order valence-electron chi connectivity index (χ3n) is 6.59. The Morgan fingerprint density at radius 3 is 2.44 bits per heavy atom. The number of fused-ring (bicyclic) bond motifs is 1. The Morgan fingerprint density at radius 2 is 1.84 bits per heavy atom. The van der Waals surface area contributed by atoms with E-state index in [9.17, 15) is 18.7 Å². The Hall–Kier alpha value is -5.05. The van der Waals surface area contributed by atoms with E-state index < -0.39 is 30.8 Å². The maximum atomic E-state index is 15.1. The number of pyridine rings is 1. The number of carbonyl (C=O) groups excluding carboxylic acids is 1. The number of methoxy groups -OCH3 is 1. The van der Waals surface area contributed by atoms with Gasteiger partial charge in [0.25, 0.3) is 11.9 Å². The largest absolute Gasteiger partial charge is 0.480 e. The van der Waals surface area contributed by atoms with Crippen LogP contribution in [0.4, 0.5) is 29.2 Å². The van der Waals surface area contributed by atoms with E-state index in [1.54, 1.807) is 6.92 Å². The molecule has 3 aromatic heterocycles. The van der Waals surface area contributed by atoms with Crippen molar-refractivity contribution in [2.75, 3.05) is 12.0 Å². The Morgan fingerprint density at radius 1 is 1.07 bits per heavy atom. The van der Waals surface area contributed by atoms with Gasteiger partial charge >= 0.3 is 6.61 Å². The van der Waals surface area contributed by atoms with Crippen LogP contribution in [0, 0.1) is 11.6 Å². The summed E-state index contributed by atoms with van der Waals surface area (Å²) < 4.78 is 68.2. The fraction of sp³-hybridized carbons (Fsp3) is 0.250. The van der Waals surface area contributed by atoms with Gasteiger partial charge in [-0.25, -0.2) is 18.7 Å². The molecule has 5 aromatic rings. The molecule has 1 N–H and O–H groups in total. The lowest BCUT2D eigenvalue weighted by molar-refractivity contribution is -0.0499. The average Bonchev–Trinajstić information content (AvgIpc) is 3.61. The first kappa shape index (κ1) is 29.4. The molecule has 0 radical (unpaired) electrons. The molecule has 0 saturated carbocycles. The summed E-state index contributed by atoms with van der Waals surface area (Å²) in [6.07, 6.45) is 1.38. The lowest BCUT2D eigenvalue weighted by Crippen LogP contribution is -2.30. The second-order valence-electron chi connectivity index (χ2n) is 9.00. The zero-order chi connectivity index (χ0) is 30.8. The summed E-state index contributed by atoms with van der Waals surface area (Å²) >= 11 is 0. The number of anilines is 2. The predicted octanol–water partition coefficient (Wildman–Crippen LogP) is 5.09. The number of aryl methyl sites for hydroxylation is 2. The molecule has 0 bridgehead atoms. The number of ether oxygens (including phenoxy) is 2. The molecular weight excluding hydrogens is 574 g/mol. The second-order valence-corrected chi connectivity index (χ2v) is 9.00. The molecular formula is C28H25F4N7O4. The van der Waals surface area contributed by atoms with E-state index in [4.69, 9.17) is 4.74 Å². The lowest BCUT2D eigenvalue weighted by atomic mass is 10.1. The van der Waals surface area contributed by atoms with E-state index in [2.05, 4.69) is 24.8 Å². The maximum Gasteiger partial charge on any atom is 0.387 e. The van der Waals surface area contributed by atoms with Gasteiger partial charge in [0.1, 0.15) is 35.1 Å². The first-order valence-electron chi connectivity index (χ1n) is 13.0. The molecule has 0 atom stereocenters. The van der Waals surface area contributed by atoms with E-state index >= 15 is 8.78 Å². The summed E-state index contributed by atoms with van der Waals surface area (Å²) in [5.74, 6) is -3.22. The van der Waals surface area contributed by atoms with Crippen LogP contribution >= 0.6 is 0 Å². The highest BCUT2D eigenvalue weighted by atomic mass is 19.3. The normalized spacial score (nSPS) is 11.4. The predicted molar refractivity (Wildman–Crippen MR) is 146 cm³/mol. The number of aliphatic hydroxyl groups excluding tert-OH is 1. The molecule has 0 aliphatic carbocycles. The van der Waals surface area contributed by atoms with E-state index in [0.717, 1.165) is 17.0 Å². The van der Waals surface area contributed by atoms with Crippen molar-refractivity contribution in [1.82, 2.24) is 29.3 Å². The fourth-order valence-electron chi connectivity index (χ4n) is 4.70. The number of para-hydroxylation sites is 1. The number of amides is 1. The quantitative estimate of drug-likeness (QED) is 0.221. The highest BCUT2D eigenvalue weighted by Crippen LogP contribution is 2.37. The van der Waals surface area contributed by atoms with Crippen molar-refractivity contribution in [3.8, 4) is 23.0 Å². The van der Waals surface area contributed by atoms with E-state index in [0.29, 0.717) is 6.54 Å². The Bertz CT molecular complexity index is 1810. The van der Waals surface area contributed by atoms with Crippen LogP contribution in [0.3, 0.4) is 0 Å². The molecule has 224 valence electrons. The molecule has 1 amide bonds. The van der Waals surface area contributed by atoms with Gasteiger partial charge in [-0.3, -0.25) is 9.48 Å². The number of hydrogen-bond donors (Lipinski definition) is 1. The van der Waals surface area contributed by atoms with Crippen LogP contribution in [0.5, 0.6) is 11.6 Å². The number of benzene rings is 2. The molecule has 0 saturated heterocycles. The number of carbonyl (C=O) groups is 1. The minimum Gasteiger partial charge on any atom is -0.480 e. The number of halogens is 4. The monoisotopic (exact) mass is 599 g/mol. The van der Waals surface area contributed by atoms with E-state index in [1.807, 2.05) is 6.92 Å². The van der Waals surface area contributed by atoms with Gasteiger partial charge in [0.2, 0.25) is 5.88 Å². The van der Waals surface area contributed by atoms with Crippen LogP contribution in [-0.2, 0) is 19.7 Å². The highest BCUT2D eigenvalue weighted by molar-refractivity contribution is 6.13. The molecule has 0 aliphatic rings. The lowest BCUT2D eigenvalue weighted by Gasteiger charge is -2.22. The summed E-state index contributed by atoms with van der Waals surface area (Å²) in [5.41, 5.74) is -0.258. The van der Waals surface area contributed by atoms with Crippen molar-refractivity contribution in [3.63, 3.8) is 0 Å². The van der Waals surface area contributed by atoms with E-state index in [-0.39, 0.29) is 63.5 Å². The van der Waals surface area contributed by atoms with Crippen LogP contribution in [-0.4, -0.2) is 54.0 Å². The van der Waals surface area contributed by atoms with Crippen LogP contribution in [0.15, 0.2) is 48.8 Å². The number of hydrogen-bond acceptors (Lipinski definition) is 8. The van der Waals surface area contributed by atoms with Gasteiger partial charge in [-0.05, 0) is 38.1 Å². The Labute approximate surface area is 241 Å². The molecule has 0 fully saturated rings. The summed E-state index contributed by atoms with van der Waals surface area (Å²) in [5, 5.41) is 14.9. The number of rotatable bonds is 10. The van der Waals surface area contributed by atoms with Gasteiger partial charge < -0.3 is 19.1 Å². The summed E-state index contributed by atoms with van der Waals surface area (Å²) in [4.78, 5) is 28.3. The van der Waals surface area contributed by atoms with Crippen molar-refractivity contribution in [1.29, 1.82) is 0 Å². The van der Waals surface area contributed by atoms with Gasteiger partial charge in [-0.15, -0.1) is 5.10 Å². The van der Waals surface area contributed by atoms with Gasteiger partial charge in [-0.2, -0.15) is 18.7 Å². The molecule has 43 heavy (non-hydrogen) atoms. The Balaban J connectivity index is 1.74. The summed E-state index contributed by atoms with van der Waals surface area (Å²) in [6.45, 7) is 0.276. The van der Waals surface area contributed by atoms with Crippen molar-refractivity contribution < 1.29 is 36.9 Å². The average molecular weight is 600 g/mol. The van der Waals surface area contributed by atoms with Gasteiger partial charge in [0, 0.05) is 24.7 Å². The smallest absolute Gasteiger partial charge is 0.387 e. The minimum atomic E-state index is -3.14. The van der Waals surface area contributed by atoms with Crippen LogP contribution in [0.2, 0.25) is 0 Å². The second kappa shape index (κ2) is 12.1. The number of imidazole rings is 1. The highest BCUT2D eigenvalue weighted by Gasteiger charge is 2.33. The standard InChI is InChI=1S/C28H25F4N7O4/c1-4-37-14-33-28(36-37)39(20-9-7-6-8-18(20)29)26(41)21-17(13-40)22-23(35-25(21)42-3)34-24(38(22)5-2)16-11-10-15(12-19(16)30)43-27(31)32/h6-12,14,27,40H,4-5,13H2,1-3H3. The molecule has 5 rings (SSSR count). The fourth-order valence-corrected chi connectivity index (χ4v) is 4.70. The van der Waals surface area contributed by atoms with Crippen molar-refractivity contribution in [3.05, 3.63) is 71.6 Å². The van der Waals surface area contributed by atoms with Crippen molar-refractivity contribution >= 4 is 28.7 Å². The van der Waals surface area contributed by atoms with Crippen LogP contribution in [0.25, 0.3) is 22.6 Å². The molecule has 11 nitrogen and oxygen atoms in total. The molecule has 0 unspecified atom stereocenters. The van der Waals surface area contributed by atoms with E-state index in [1.165, 1.54) is 53.0 Å². The van der Waals surface area contributed by atoms with Crippen molar-refractivity contribution in [2.45, 2.75) is 40.2 Å². The van der Waals surface area contributed by atoms with Gasteiger partial charge in [-0.1, -0.05) is 12.1 Å². The molecule has 0 spiro atoms. The van der Waals surface area contributed by atoms with Gasteiger partial charge in [0.05, 0.1) is 30.5 Å². The molecule has 2 aromatic carbocycles. The first-order chi connectivity index (χ1) is 20.7. The SMILES string of the molecule is CCn1cnc(N(C(=O)c2c(OC)nc3nc(-c4ccc(OC(F)F)cc4F)n(CC)c3c2CO)c2ccccc2F)n1. The van der Waals surface area contributed by atoms with Crippen LogP contribution < -0.4 is 14.4 Å². The topological polar surface area (TPSA) is 120 Å².